The molecule has 2 aliphatic heterocycles. The van der Waals surface area contributed by atoms with Crippen LogP contribution in [0.2, 0.25) is 0 Å². The van der Waals surface area contributed by atoms with Gasteiger partial charge in [-0.2, -0.15) is 5.10 Å². The SMILES string of the molecule is CC(C)C(=O)CN1CCC(n2ccc(NC3CCC(=O)NC3=O)n2)CC1. The smallest absolute Gasteiger partial charge is 0.249 e. The molecule has 8 heteroatoms. The molecule has 1 aromatic rings. The number of ketones is 1. The van der Waals surface area contributed by atoms with Crippen molar-refractivity contribution in [1.82, 2.24) is 20.0 Å². The molecular formula is C18H27N5O3. The van der Waals surface area contributed by atoms with Gasteiger partial charge in [-0.3, -0.25) is 29.3 Å². The van der Waals surface area contributed by atoms with Crippen LogP contribution in [0.15, 0.2) is 12.3 Å². The first-order valence-electron chi connectivity index (χ1n) is 9.33. The molecule has 2 aliphatic rings. The van der Waals surface area contributed by atoms with Crippen LogP contribution < -0.4 is 10.6 Å². The average Bonchev–Trinajstić information content (AvgIpc) is 3.06. The van der Waals surface area contributed by atoms with E-state index in [9.17, 15) is 14.4 Å². The Balaban J connectivity index is 1.50. The molecule has 142 valence electrons. The van der Waals surface area contributed by atoms with E-state index in [2.05, 4.69) is 20.6 Å². The molecule has 1 aromatic heterocycles. The highest BCUT2D eigenvalue weighted by molar-refractivity contribution is 6.01. The van der Waals surface area contributed by atoms with Crippen molar-refractivity contribution in [3.8, 4) is 0 Å². The fourth-order valence-electron chi connectivity index (χ4n) is 3.37. The van der Waals surface area contributed by atoms with Crippen molar-refractivity contribution in [1.29, 1.82) is 0 Å². The summed E-state index contributed by atoms with van der Waals surface area (Å²) in [7, 11) is 0. The van der Waals surface area contributed by atoms with Gasteiger partial charge in [-0.25, -0.2) is 0 Å². The van der Waals surface area contributed by atoms with E-state index in [0.29, 0.717) is 37.0 Å². The number of anilines is 1. The summed E-state index contributed by atoms with van der Waals surface area (Å²) < 4.78 is 1.94. The molecule has 2 N–H and O–H groups in total. The molecular weight excluding hydrogens is 334 g/mol. The van der Waals surface area contributed by atoms with E-state index in [1.54, 1.807) is 0 Å². The fraction of sp³-hybridized carbons (Fsp3) is 0.667. The minimum Gasteiger partial charge on any atom is -0.357 e. The number of amides is 2. The molecule has 0 spiro atoms. The van der Waals surface area contributed by atoms with Crippen LogP contribution in [0.25, 0.3) is 0 Å². The molecule has 1 unspecified atom stereocenters. The van der Waals surface area contributed by atoms with Crippen molar-refractivity contribution < 1.29 is 14.4 Å². The van der Waals surface area contributed by atoms with Crippen LogP contribution in [0, 0.1) is 5.92 Å². The standard InChI is InChI=1S/C18H27N5O3/c1-12(2)15(24)11-22-8-5-13(6-9-22)23-10-7-16(21-23)19-14-3-4-17(25)20-18(14)26/h7,10,12-14H,3-6,8-9,11H2,1-2H3,(H,19,21)(H,20,25,26). The largest absolute Gasteiger partial charge is 0.357 e. The van der Waals surface area contributed by atoms with Gasteiger partial charge in [-0.05, 0) is 19.3 Å². The Labute approximate surface area is 153 Å². The lowest BCUT2D eigenvalue weighted by Crippen LogP contribution is -2.47. The lowest BCUT2D eigenvalue weighted by Gasteiger charge is -2.31. The molecule has 3 rings (SSSR count). The second-order valence-electron chi connectivity index (χ2n) is 7.46. The number of likely N-dealkylation sites (tertiary alicyclic amines) is 1. The summed E-state index contributed by atoms with van der Waals surface area (Å²) >= 11 is 0. The lowest BCUT2D eigenvalue weighted by atomic mass is 10.0. The molecule has 8 nitrogen and oxygen atoms in total. The van der Waals surface area contributed by atoms with Gasteiger partial charge < -0.3 is 5.32 Å². The Kier molecular flexibility index (Phi) is 5.70. The Hall–Kier alpha value is -2.22. The van der Waals surface area contributed by atoms with E-state index in [4.69, 9.17) is 0 Å². The monoisotopic (exact) mass is 361 g/mol. The first-order chi connectivity index (χ1) is 12.4. The lowest BCUT2D eigenvalue weighted by molar-refractivity contribution is -0.133. The van der Waals surface area contributed by atoms with Crippen LogP contribution in [-0.4, -0.2) is 58.0 Å². The maximum absolute atomic E-state index is 11.9. The third-order valence-electron chi connectivity index (χ3n) is 5.12. The summed E-state index contributed by atoms with van der Waals surface area (Å²) in [6.45, 7) is 6.19. The second-order valence-corrected chi connectivity index (χ2v) is 7.46. The number of imide groups is 1. The molecule has 0 saturated carbocycles. The van der Waals surface area contributed by atoms with Gasteiger partial charge in [0.15, 0.2) is 0 Å². The molecule has 26 heavy (non-hydrogen) atoms. The van der Waals surface area contributed by atoms with Gasteiger partial charge in [0.25, 0.3) is 0 Å². The van der Waals surface area contributed by atoms with Crippen LogP contribution in [0.3, 0.4) is 0 Å². The van der Waals surface area contributed by atoms with Crippen LogP contribution in [-0.2, 0) is 14.4 Å². The molecule has 0 aliphatic carbocycles. The Morgan fingerprint density at radius 3 is 2.69 bits per heavy atom. The van der Waals surface area contributed by atoms with E-state index in [0.717, 1.165) is 25.9 Å². The van der Waals surface area contributed by atoms with Crippen molar-refractivity contribution in [2.75, 3.05) is 25.0 Å². The predicted octanol–water partition coefficient (Wildman–Crippen LogP) is 0.962. The highest BCUT2D eigenvalue weighted by Crippen LogP contribution is 2.23. The summed E-state index contributed by atoms with van der Waals surface area (Å²) in [5, 5.41) is 10.00. The predicted molar refractivity (Wildman–Crippen MR) is 96.6 cm³/mol. The van der Waals surface area contributed by atoms with E-state index in [1.165, 1.54) is 0 Å². The third kappa shape index (κ3) is 4.49. The van der Waals surface area contributed by atoms with Crippen molar-refractivity contribution in [3.05, 3.63) is 12.3 Å². The molecule has 2 saturated heterocycles. The zero-order valence-electron chi connectivity index (χ0n) is 15.4. The van der Waals surface area contributed by atoms with Crippen LogP contribution in [0.4, 0.5) is 5.82 Å². The number of nitrogens with one attached hydrogen (secondary N) is 2. The normalized spacial score (nSPS) is 22.5. The summed E-state index contributed by atoms with van der Waals surface area (Å²) in [6.07, 6.45) is 4.65. The topological polar surface area (TPSA) is 96.3 Å². The first kappa shape index (κ1) is 18.6. The highest BCUT2D eigenvalue weighted by atomic mass is 16.2. The van der Waals surface area contributed by atoms with Crippen LogP contribution >= 0.6 is 0 Å². The van der Waals surface area contributed by atoms with Gasteiger partial charge in [0.1, 0.15) is 17.6 Å². The van der Waals surface area contributed by atoms with E-state index in [-0.39, 0.29) is 17.7 Å². The minimum absolute atomic E-state index is 0.0831. The number of nitrogens with zero attached hydrogens (tertiary/aromatic N) is 3. The van der Waals surface area contributed by atoms with Gasteiger partial charge in [0.05, 0.1) is 12.6 Å². The van der Waals surface area contributed by atoms with Crippen molar-refractivity contribution in [2.24, 2.45) is 5.92 Å². The summed E-state index contributed by atoms with van der Waals surface area (Å²) in [4.78, 5) is 37.1. The molecule has 2 fully saturated rings. The van der Waals surface area contributed by atoms with E-state index in [1.807, 2.05) is 30.8 Å². The van der Waals surface area contributed by atoms with Crippen molar-refractivity contribution in [2.45, 2.75) is 51.6 Å². The number of carbonyl (C=O) groups excluding carboxylic acids is 3. The molecule has 0 radical (unpaired) electrons. The van der Waals surface area contributed by atoms with Gasteiger partial charge >= 0.3 is 0 Å². The van der Waals surface area contributed by atoms with Gasteiger partial charge in [0, 0.05) is 37.7 Å². The van der Waals surface area contributed by atoms with Gasteiger partial charge in [-0.15, -0.1) is 0 Å². The van der Waals surface area contributed by atoms with Crippen molar-refractivity contribution in [3.63, 3.8) is 0 Å². The van der Waals surface area contributed by atoms with Crippen LogP contribution in [0.5, 0.6) is 0 Å². The quantitative estimate of drug-likeness (QED) is 0.733. The summed E-state index contributed by atoms with van der Waals surface area (Å²) in [5.74, 6) is 0.509. The van der Waals surface area contributed by atoms with Gasteiger partial charge in [-0.1, -0.05) is 13.8 Å². The Bertz CT molecular complexity index is 676. The Morgan fingerprint density at radius 2 is 2.04 bits per heavy atom. The number of hydrogen-bond donors (Lipinski definition) is 2. The molecule has 2 amide bonds. The van der Waals surface area contributed by atoms with E-state index >= 15 is 0 Å². The van der Waals surface area contributed by atoms with Crippen molar-refractivity contribution >= 4 is 23.4 Å². The fourth-order valence-corrected chi connectivity index (χ4v) is 3.37. The minimum atomic E-state index is -0.417. The number of carbonyl (C=O) groups is 3. The third-order valence-corrected chi connectivity index (χ3v) is 5.12. The molecule has 0 bridgehead atoms. The maximum atomic E-state index is 11.9. The van der Waals surface area contributed by atoms with E-state index < -0.39 is 6.04 Å². The molecule has 0 aromatic carbocycles. The number of piperidine rings is 2. The first-order valence-corrected chi connectivity index (χ1v) is 9.33. The maximum Gasteiger partial charge on any atom is 0.249 e. The molecule has 3 heterocycles. The molecule has 1 atom stereocenters. The summed E-state index contributed by atoms with van der Waals surface area (Å²) in [5.41, 5.74) is 0. The number of hydrogen-bond acceptors (Lipinski definition) is 6. The average molecular weight is 361 g/mol. The second kappa shape index (κ2) is 7.99. The van der Waals surface area contributed by atoms with Gasteiger partial charge in [0.2, 0.25) is 11.8 Å². The zero-order valence-corrected chi connectivity index (χ0v) is 15.4. The summed E-state index contributed by atoms with van der Waals surface area (Å²) in [6, 6.07) is 1.75. The highest BCUT2D eigenvalue weighted by Gasteiger charge is 2.27. The number of rotatable bonds is 6. The Morgan fingerprint density at radius 1 is 1.31 bits per heavy atom. The zero-order chi connectivity index (χ0) is 18.7. The van der Waals surface area contributed by atoms with Crippen LogP contribution in [0.1, 0.15) is 45.6 Å². The number of Topliss-reactive ketones (excluding diaryl/α,β-unsaturated/α-hetero) is 1. The number of aromatic nitrogens is 2.